The molecule has 0 fully saturated rings. The van der Waals surface area contributed by atoms with Gasteiger partial charge in [-0.1, -0.05) is 5.57 Å². The lowest BCUT2D eigenvalue weighted by atomic mass is 10.1. The van der Waals surface area contributed by atoms with Crippen molar-refractivity contribution in [1.82, 2.24) is 0 Å². The van der Waals surface area contributed by atoms with Crippen molar-refractivity contribution in [2.24, 2.45) is 0 Å². The molecular weight excluding hydrogens is 219 g/mol. The van der Waals surface area contributed by atoms with E-state index in [4.69, 9.17) is 4.74 Å². The van der Waals surface area contributed by atoms with E-state index in [-0.39, 0.29) is 17.2 Å². The third-order valence-corrected chi connectivity index (χ3v) is 2.43. The predicted molar refractivity (Wildman–Crippen MR) is 66.1 cm³/mol. The fourth-order valence-corrected chi connectivity index (χ4v) is 1.38. The van der Waals surface area contributed by atoms with Crippen LogP contribution in [0.15, 0.2) is 24.3 Å². The van der Waals surface area contributed by atoms with Crippen LogP contribution in [-0.4, -0.2) is 12.4 Å². The van der Waals surface area contributed by atoms with Gasteiger partial charge in [-0.25, -0.2) is 4.39 Å². The summed E-state index contributed by atoms with van der Waals surface area (Å²) in [6.07, 6.45) is 0.716. The normalized spacial score (nSPS) is 10.1. The molecule has 0 aliphatic rings. The van der Waals surface area contributed by atoms with Crippen LogP contribution in [-0.2, 0) is 0 Å². The number of rotatable bonds is 5. The maximum atomic E-state index is 13.3. The van der Waals surface area contributed by atoms with Crippen LogP contribution in [0.5, 0.6) is 5.75 Å². The van der Waals surface area contributed by atoms with E-state index in [0.717, 1.165) is 5.57 Å². The summed E-state index contributed by atoms with van der Waals surface area (Å²) in [4.78, 5) is 11.4. The highest BCUT2D eigenvalue weighted by atomic mass is 19.1. The van der Waals surface area contributed by atoms with E-state index >= 15 is 0 Å². The lowest BCUT2D eigenvalue weighted by Crippen LogP contribution is -2.04. The molecule has 0 N–H and O–H groups in total. The van der Waals surface area contributed by atoms with Gasteiger partial charge in [0.1, 0.15) is 11.6 Å². The fraction of sp³-hybridized carbons (Fsp3) is 0.357. The van der Waals surface area contributed by atoms with Gasteiger partial charge in [0.2, 0.25) is 0 Å². The third kappa shape index (κ3) is 3.70. The average molecular weight is 236 g/mol. The number of hydrogen-bond donors (Lipinski definition) is 0. The zero-order valence-corrected chi connectivity index (χ0v) is 10.5. The first-order chi connectivity index (χ1) is 7.91. The van der Waals surface area contributed by atoms with Gasteiger partial charge in [0.25, 0.3) is 0 Å². The number of ketones is 1. The predicted octanol–water partition coefficient (Wildman–Crippen LogP) is 3.68. The monoisotopic (exact) mass is 236 g/mol. The molecule has 0 atom stereocenters. The van der Waals surface area contributed by atoms with Gasteiger partial charge in [-0.2, -0.15) is 0 Å². The van der Waals surface area contributed by atoms with Crippen molar-refractivity contribution in [2.45, 2.75) is 27.2 Å². The standard InChI is InChI=1S/C14H17FO2/c1-9(2)5-6-17-14-7-10(3)13(15)8-12(14)11(4)16/h7-8H,1,5-6H2,2-4H3. The maximum absolute atomic E-state index is 13.3. The Morgan fingerprint density at radius 2 is 2.06 bits per heavy atom. The molecule has 0 bridgehead atoms. The SMILES string of the molecule is C=C(C)CCOc1cc(C)c(F)cc1C(C)=O. The summed E-state index contributed by atoms with van der Waals surface area (Å²) in [5.41, 5.74) is 1.77. The number of carbonyl (C=O) groups excluding carboxylic acids is 1. The molecule has 92 valence electrons. The lowest BCUT2D eigenvalue weighted by Gasteiger charge is -2.11. The van der Waals surface area contributed by atoms with Gasteiger partial charge in [-0.15, -0.1) is 6.58 Å². The van der Waals surface area contributed by atoms with E-state index in [0.29, 0.717) is 24.3 Å². The van der Waals surface area contributed by atoms with Crippen LogP contribution < -0.4 is 4.74 Å². The molecule has 0 spiro atoms. The first-order valence-electron chi connectivity index (χ1n) is 5.50. The Morgan fingerprint density at radius 1 is 1.41 bits per heavy atom. The molecule has 1 rings (SSSR count). The highest BCUT2D eigenvalue weighted by Gasteiger charge is 2.12. The summed E-state index contributed by atoms with van der Waals surface area (Å²) < 4.78 is 18.8. The first-order valence-corrected chi connectivity index (χ1v) is 5.50. The van der Waals surface area contributed by atoms with E-state index in [1.165, 1.54) is 13.0 Å². The second-order valence-electron chi connectivity index (χ2n) is 4.21. The van der Waals surface area contributed by atoms with Crippen LogP contribution >= 0.6 is 0 Å². The molecule has 0 unspecified atom stereocenters. The summed E-state index contributed by atoms with van der Waals surface area (Å²) in [6, 6.07) is 2.79. The fourth-order valence-electron chi connectivity index (χ4n) is 1.38. The molecule has 0 saturated heterocycles. The van der Waals surface area contributed by atoms with Gasteiger partial charge < -0.3 is 4.74 Å². The molecule has 0 amide bonds. The van der Waals surface area contributed by atoms with Crippen molar-refractivity contribution in [1.29, 1.82) is 0 Å². The minimum absolute atomic E-state index is 0.200. The van der Waals surface area contributed by atoms with Gasteiger partial charge in [-0.3, -0.25) is 4.79 Å². The van der Waals surface area contributed by atoms with Crippen LogP contribution in [0.1, 0.15) is 36.2 Å². The van der Waals surface area contributed by atoms with Crippen LogP contribution in [0.3, 0.4) is 0 Å². The Hall–Kier alpha value is -1.64. The molecule has 0 aliphatic heterocycles. The summed E-state index contributed by atoms with van der Waals surface area (Å²) in [7, 11) is 0. The van der Waals surface area contributed by atoms with E-state index in [2.05, 4.69) is 6.58 Å². The summed E-state index contributed by atoms with van der Waals surface area (Å²) in [6.45, 7) is 9.16. The van der Waals surface area contributed by atoms with Gasteiger partial charge in [0.05, 0.1) is 12.2 Å². The highest BCUT2D eigenvalue weighted by molar-refractivity contribution is 5.96. The summed E-state index contributed by atoms with van der Waals surface area (Å²) >= 11 is 0. The smallest absolute Gasteiger partial charge is 0.163 e. The molecule has 17 heavy (non-hydrogen) atoms. The number of benzene rings is 1. The van der Waals surface area contributed by atoms with E-state index in [9.17, 15) is 9.18 Å². The molecule has 0 heterocycles. The molecule has 1 aromatic rings. The van der Waals surface area contributed by atoms with E-state index in [1.807, 2.05) is 6.92 Å². The van der Waals surface area contributed by atoms with Crippen LogP contribution in [0.4, 0.5) is 4.39 Å². The first kappa shape index (κ1) is 13.4. The van der Waals surface area contributed by atoms with Crippen LogP contribution in [0, 0.1) is 12.7 Å². The molecule has 2 nitrogen and oxygen atoms in total. The van der Waals surface area contributed by atoms with Crippen molar-refractivity contribution in [3.05, 3.63) is 41.2 Å². The second-order valence-corrected chi connectivity index (χ2v) is 4.21. The number of ether oxygens (including phenoxy) is 1. The Labute approximate surface area is 101 Å². The Bertz CT molecular complexity index is 450. The quantitative estimate of drug-likeness (QED) is 0.575. The largest absolute Gasteiger partial charge is 0.492 e. The van der Waals surface area contributed by atoms with Gasteiger partial charge >= 0.3 is 0 Å². The Kier molecular flexibility index (Phi) is 4.44. The molecule has 0 saturated carbocycles. The minimum atomic E-state index is -0.387. The van der Waals surface area contributed by atoms with Crippen LogP contribution in [0.2, 0.25) is 0 Å². The topological polar surface area (TPSA) is 26.3 Å². The van der Waals surface area contributed by atoms with Crippen molar-refractivity contribution >= 4 is 5.78 Å². The molecular formula is C14H17FO2. The number of Topliss-reactive ketones (excluding diaryl/α,β-unsaturated/α-hetero) is 1. The van der Waals surface area contributed by atoms with Crippen molar-refractivity contribution in [3.63, 3.8) is 0 Å². The summed E-state index contributed by atoms with van der Waals surface area (Å²) in [5.74, 6) is -0.144. The van der Waals surface area contributed by atoms with Gasteiger partial charge in [0, 0.05) is 6.42 Å². The van der Waals surface area contributed by atoms with Crippen molar-refractivity contribution < 1.29 is 13.9 Å². The molecule has 3 heteroatoms. The molecule has 1 aromatic carbocycles. The Balaban J connectivity index is 2.92. The van der Waals surface area contributed by atoms with Crippen molar-refractivity contribution in [3.8, 4) is 5.75 Å². The minimum Gasteiger partial charge on any atom is -0.492 e. The molecule has 0 aliphatic carbocycles. The van der Waals surface area contributed by atoms with Crippen LogP contribution in [0.25, 0.3) is 0 Å². The number of hydrogen-bond acceptors (Lipinski definition) is 2. The lowest BCUT2D eigenvalue weighted by molar-refractivity contribution is 0.101. The van der Waals surface area contributed by atoms with Crippen molar-refractivity contribution in [2.75, 3.05) is 6.61 Å². The molecule has 0 radical (unpaired) electrons. The van der Waals surface area contributed by atoms with E-state index in [1.54, 1.807) is 13.0 Å². The number of carbonyl (C=O) groups is 1. The Morgan fingerprint density at radius 3 is 2.59 bits per heavy atom. The highest BCUT2D eigenvalue weighted by Crippen LogP contribution is 2.23. The van der Waals surface area contributed by atoms with E-state index < -0.39 is 0 Å². The number of halogens is 1. The second kappa shape index (κ2) is 5.62. The number of aryl methyl sites for hydroxylation is 1. The zero-order chi connectivity index (χ0) is 13.0. The van der Waals surface area contributed by atoms with Gasteiger partial charge in [0.15, 0.2) is 5.78 Å². The molecule has 0 aromatic heterocycles. The maximum Gasteiger partial charge on any atom is 0.163 e. The third-order valence-electron chi connectivity index (χ3n) is 2.43. The average Bonchev–Trinajstić information content (AvgIpc) is 2.22. The summed E-state index contributed by atoms with van der Waals surface area (Å²) in [5, 5.41) is 0. The van der Waals surface area contributed by atoms with Gasteiger partial charge in [-0.05, 0) is 38.5 Å². The zero-order valence-electron chi connectivity index (χ0n) is 10.5.